The van der Waals surface area contributed by atoms with Gasteiger partial charge in [-0.1, -0.05) is 5.57 Å². The molecule has 1 aliphatic rings. The average Bonchev–Trinajstić information content (AvgIpc) is 3.21. The van der Waals surface area contributed by atoms with Gasteiger partial charge in [0.2, 0.25) is 5.75 Å². The molecule has 1 aliphatic heterocycles. The Balaban J connectivity index is 1.56. The molecule has 0 fully saturated rings. The number of ether oxygens (including phenoxy) is 2. The van der Waals surface area contributed by atoms with Crippen molar-refractivity contribution in [2.75, 3.05) is 6.61 Å². The third kappa shape index (κ3) is 3.38. The third-order valence-corrected chi connectivity index (χ3v) is 4.48. The Morgan fingerprint density at radius 2 is 2.00 bits per heavy atom. The Morgan fingerprint density at radius 3 is 2.78 bits per heavy atom. The number of carbonyl (C=O) groups is 1. The van der Waals surface area contributed by atoms with Crippen LogP contribution in [0.1, 0.15) is 20.3 Å². The number of benzene rings is 1. The standard InChI is InChI=1S/C21H18O6/c1-12(9-16-10-13(2)21(23)26-16)5-7-25-20-18-15(6-8-24-18)11-14-3-4-17(22)27-19(14)20/h3-6,8,10-11,16H,7,9H2,1-2H3. The SMILES string of the molecule is CC(=CCOc1c2occc2cc2ccc(=O)oc12)CC1C=C(C)C(=O)O1. The molecular formula is C21H18O6. The van der Waals surface area contributed by atoms with Crippen LogP contribution in [0.25, 0.3) is 21.9 Å². The van der Waals surface area contributed by atoms with Crippen molar-refractivity contribution in [2.45, 2.75) is 26.4 Å². The minimum atomic E-state index is -0.449. The average molecular weight is 366 g/mol. The van der Waals surface area contributed by atoms with Crippen LogP contribution in [-0.2, 0) is 9.53 Å². The van der Waals surface area contributed by atoms with E-state index in [-0.39, 0.29) is 18.7 Å². The predicted molar refractivity (Wildman–Crippen MR) is 99.8 cm³/mol. The number of cyclic esters (lactones) is 1. The van der Waals surface area contributed by atoms with Gasteiger partial charge >= 0.3 is 11.6 Å². The minimum absolute atomic E-state index is 0.235. The molecule has 0 bridgehead atoms. The maximum atomic E-state index is 11.6. The molecule has 6 heteroatoms. The van der Waals surface area contributed by atoms with E-state index in [1.54, 1.807) is 19.3 Å². The van der Waals surface area contributed by atoms with Crippen LogP contribution in [0, 0.1) is 0 Å². The normalized spacial score (nSPS) is 17.4. The first-order valence-corrected chi connectivity index (χ1v) is 8.63. The van der Waals surface area contributed by atoms with Crippen LogP contribution in [0.3, 0.4) is 0 Å². The Kier molecular flexibility index (Phi) is 4.32. The van der Waals surface area contributed by atoms with Gasteiger partial charge in [0.25, 0.3) is 0 Å². The fraction of sp³-hybridized carbons (Fsp3) is 0.238. The molecule has 1 aromatic carbocycles. The summed E-state index contributed by atoms with van der Waals surface area (Å²) in [6.07, 6.45) is 5.67. The number of furan rings is 1. The summed E-state index contributed by atoms with van der Waals surface area (Å²) in [5.74, 6) is 0.132. The monoisotopic (exact) mass is 366 g/mol. The lowest BCUT2D eigenvalue weighted by Gasteiger charge is -2.10. The molecule has 27 heavy (non-hydrogen) atoms. The molecule has 0 aliphatic carbocycles. The molecule has 0 saturated heterocycles. The van der Waals surface area contributed by atoms with Crippen LogP contribution in [0.2, 0.25) is 0 Å². The van der Waals surface area contributed by atoms with Gasteiger partial charge in [0, 0.05) is 28.8 Å². The second-order valence-electron chi connectivity index (χ2n) is 6.58. The molecule has 0 amide bonds. The summed E-state index contributed by atoms with van der Waals surface area (Å²) in [4.78, 5) is 23.1. The zero-order valence-corrected chi connectivity index (χ0v) is 15.0. The van der Waals surface area contributed by atoms with Crippen LogP contribution in [0.4, 0.5) is 0 Å². The number of hydrogen-bond acceptors (Lipinski definition) is 6. The van der Waals surface area contributed by atoms with Crippen molar-refractivity contribution < 1.29 is 23.1 Å². The van der Waals surface area contributed by atoms with Crippen molar-refractivity contribution >= 4 is 27.9 Å². The van der Waals surface area contributed by atoms with E-state index >= 15 is 0 Å². The fourth-order valence-corrected chi connectivity index (χ4v) is 3.12. The Labute approximate surface area is 154 Å². The van der Waals surface area contributed by atoms with E-state index in [9.17, 15) is 9.59 Å². The topological polar surface area (TPSA) is 78.9 Å². The lowest BCUT2D eigenvalue weighted by Crippen LogP contribution is -2.08. The molecule has 0 saturated carbocycles. The van der Waals surface area contributed by atoms with E-state index in [1.165, 1.54) is 6.07 Å². The predicted octanol–water partition coefficient (Wildman–Crippen LogP) is 4.13. The number of esters is 1. The highest BCUT2D eigenvalue weighted by molar-refractivity contribution is 5.99. The van der Waals surface area contributed by atoms with Crippen LogP contribution >= 0.6 is 0 Å². The van der Waals surface area contributed by atoms with Gasteiger partial charge < -0.3 is 18.3 Å². The smallest absolute Gasteiger partial charge is 0.336 e. The molecule has 1 unspecified atom stereocenters. The molecule has 4 rings (SSSR count). The van der Waals surface area contributed by atoms with Crippen molar-refractivity contribution in [3.63, 3.8) is 0 Å². The van der Waals surface area contributed by atoms with Crippen molar-refractivity contribution in [1.82, 2.24) is 0 Å². The van der Waals surface area contributed by atoms with Gasteiger partial charge in [-0.15, -0.1) is 0 Å². The summed E-state index contributed by atoms with van der Waals surface area (Å²) >= 11 is 0. The number of fused-ring (bicyclic) bond motifs is 2. The van der Waals surface area contributed by atoms with Gasteiger partial charge in [0.05, 0.1) is 6.26 Å². The molecular weight excluding hydrogens is 348 g/mol. The summed E-state index contributed by atoms with van der Waals surface area (Å²) < 4.78 is 22.0. The highest BCUT2D eigenvalue weighted by Crippen LogP contribution is 2.35. The molecule has 138 valence electrons. The summed E-state index contributed by atoms with van der Waals surface area (Å²) in [5, 5.41) is 1.63. The maximum Gasteiger partial charge on any atom is 0.336 e. The molecule has 3 heterocycles. The van der Waals surface area contributed by atoms with Crippen molar-refractivity contribution in [3.05, 3.63) is 64.2 Å². The first-order chi connectivity index (χ1) is 13.0. The van der Waals surface area contributed by atoms with E-state index in [0.717, 1.165) is 16.3 Å². The van der Waals surface area contributed by atoms with E-state index in [0.29, 0.717) is 28.9 Å². The molecule has 1 atom stereocenters. The largest absolute Gasteiger partial charge is 0.482 e. The Bertz CT molecular complexity index is 1140. The molecule has 0 spiro atoms. The quantitative estimate of drug-likeness (QED) is 0.384. The summed E-state index contributed by atoms with van der Waals surface area (Å²) in [6.45, 7) is 3.96. The Hall–Kier alpha value is -3.28. The number of carbonyl (C=O) groups excluding carboxylic acids is 1. The lowest BCUT2D eigenvalue weighted by atomic mass is 10.1. The van der Waals surface area contributed by atoms with Gasteiger partial charge in [-0.3, -0.25) is 0 Å². The molecule has 3 aromatic rings. The maximum absolute atomic E-state index is 11.6. The summed E-state index contributed by atoms with van der Waals surface area (Å²) in [6, 6.07) is 6.79. The third-order valence-electron chi connectivity index (χ3n) is 4.48. The molecule has 0 N–H and O–H groups in total. The Morgan fingerprint density at radius 1 is 1.19 bits per heavy atom. The molecule has 0 radical (unpaired) electrons. The molecule has 6 nitrogen and oxygen atoms in total. The van der Waals surface area contributed by atoms with Gasteiger partial charge in [0.1, 0.15) is 12.7 Å². The van der Waals surface area contributed by atoms with E-state index in [2.05, 4.69) is 0 Å². The van der Waals surface area contributed by atoms with Crippen LogP contribution in [-0.4, -0.2) is 18.7 Å². The van der Waals surface area contributed by atoms with Crippen molar-refractivity contribution in [3.8, 4) is 5.75 Å². The zero-order chi connectivity index (χ0) is 19.0. The summed E-state index contributed by atoms with van der Waals surface area (Å²) in [5.41, 5.74) is 2.10. The van der Waals surface area contributed by atoms with Crippen LogP contribution < -0.4 is 10.4 Å². The van der Waals surface area contributed by atoms with Gasteiger partial charge in [0.15, 0.2) is 11.2 Å². The number of rotatable bonds is 5. The van der Waals surface area contributed by atoms with E-state index in [4.69, 9.17) is 18.3 Å². The van der Waals surface area contributed by atoms with Crippen molar-refractivity contribution in [2.24, 2.45) is 0 Å². The van der Waals surface area contributed by atoms with Gasteiger partial charge in [-0.2, -0.15) is 0 Å². The van der Waals surface area contributed by atoms with Crippen molar-refractivity contribution in [1.29, 1.82) is 0 Å². The summed E-state index contributed by atoms with van der Waals surface area (Å²) in [7, 11) is 0. The highest BCUT2D eigenvalue weighted by Gasteiger charge is 2.22. The minimum Gasteiger partial charge on any atom is -0.482 e. The first kappa shape index (κ1) is 17.1. The van der Waals surface area contributed by atoms with E-state index < -0.39 is 5.63 Å². The number of hydrogen-bond donors (Lipinski definition) is 0. The fourth-order valence-electron chi connectivity index (χ4n) is 3.12. The van der Waals surface area contributed by atoms with Crippen LogP contribution in [0.15, 0.2) is 67.5 Å². The second kappa shape index (κ2) is 6.79. The second-order valence-corrected chi connectivity index (χ2v) is 6.58. The van der Waals surface area contributed by atoms with E-state index in [1.807, 2.05) is 31.2 Å². The lowest BCUT2D eigenvalue weighted by molar-refractivity contribution is -0.139. The van der Waals surface area contributed by atoms with Gasteiger partial charge in [-0.25, -0.2) is 9.59 Å². The zero-order valence-electron chi connectivity index (χ0n) is 15.0. The molecule has 2 aromatic heterocycles. The van der Waals surface area contributed by atoms with Crippen LogP contribution in [0.5, 0.6) is 5.75 Å². The first-order valence-electron chi connectivity index (χ1n) is 8.63. The van der Waals surface area contributed by atoms with Gasteiger partial charge in [-0.05, 0) is 44.2 Å². The highest BCUT2D eigenvalue weighted by atomic mass is 16.5.